The van der Waals surface area contributed by atoms with E-state index in [0.717, 1.165) is 22.5 Å². The predicted octanol–water partition coefficient (Wildman–Crippen LogP) is 4.55. The molecule has 0 unspecified atom stereocenters. The van der Waals surface area contributed by atoms with Crippen LogP contribution >= 0.6 is 0 Å². The van der Waals surface area contributed by atoms with Gasteiger partial charge in [0, 0.05) is 11.3 Å². The van der Waals surface area contributed by atoms with E-state index in [-0.39, 0.29) is 5.91 Å². The van der Waals surface area contributed by atoms with Crippen molar-refractivity contribution < 1.29 is 4.79 Å². The Labute approximate surface area is 151 Å². The van der Waals surface area contributed by atoms with Gasteiger partial charge < -0.3 is 0 Å². The van der Waals surface area contributed by atoms with Crippen LogP contribution in [0.25, 0.3) is 0 Å². The number of amides is 1. The molecule has 0 atom stereocenters. The molecule has 1 aliphatic heterocycles. The molecule has 0 bridgehead atoms. The Morgan fingerprint density at radius 3 is 2.31 bits per heavy atom. The third kappa shape index (κ3) is 2.76. The maximum absolute atomic E-state index is 13.1. The van der Waals surface area contributed by atoms with Crippen LogP contribution in [0.2, 0.25) is 0 Å². The lowest BCUT2D eigenvalue weighted by Crippen LogP contribution is -2.25. The fourth-order valence-electron chi connectivity index (χ4n) is 3.05. The van der Waals surface area contributed by atoms with Crippen LogP contribution in [0.15, 0.2) is 83.9 Å². The number of aliphatic imine (C=N–C) groups is 1. The Bertz CT molecular complexity index is 1030. The number of nitrogens with zero attached hydrogens (tertiary/aromatic N) is 3. The van der Waals surface area contributed by atoms with Crippen LogP contribution in [0.3, 0.4) is 0 Å². The van der Waals surface area contributed by atoms with Crippen molar-refractivity contribution in [3.8, 4) is 6.07 Å². The van der Waals surface area contributed by atoms with Crippen molar-refractivity contribution in [3.63, 3.8) is 0 Å². The van der Waals surface area contributed by atoms with Gasteiger partial charge in [-0.1, -0.05) is 48.5 Å². The van der Waals surface area contributed by atoms with Gasteiger partial charge in [-0.3, -0.25) is 9.69 Å². The highest BCUT2D eigenvalue weighted by atomic mass is 16.2. The number of benzene rings is 3. The van der Waals surface area contributed by atoms with E-state index in [4.69, 9.17) is 5.26 Å². The predicted molar refractivity (Wildman–Crippen MR) is 102 cm³/mol. The molecule has 3 aromatic carbocycles. The molecule has 1 amide bonds. The van der Waals surface area contributed by atoms with Crippen LogP contribution in [-0.4, -0.2) is 11.6 Å². The molecule has 26 heavy (non-hydrogen) atoms. The topological polar surface area (TPSA) is 56.5 Å². The van der Waals surface area contributed by atoms with Gasteiger partial charge in [-0.05, 0) is 35.9 Å². The number of rotatable bonds is 3. The van der Waals surface area contributed by atoms with Crippen LogP contribution in [0.4, 0.5) is 17.1 Å². The standard InChI is InChI=1S/C22H15N3O/c23-15-14-16-10-12-17(13-11-16)24-21-19-8-4-5-9-20(19)25(22(21)26)18-6-2-1-3-7-18/h1-13H,14H2/b24-21-. The first kappa shape index (κ1) is 15.8. The van der Waals surface area contributed by atoms with E-state index in [1.165, 1.54) is 0 Å². The molecule has 0 fully saturated rings. The zero-order chi connectivity index (χ0) is 17.9. The summed E-state index contributed by atoms with van der Waals surface area (Å²) >= 11 is 0. The number of carbonyl (C=O) groups excluding carboxylic acids is 1. The lowest BCUT2D eigenvalue weighted by molar-refractivity contribution is -0.111. The Hall–Kier alpha value is -3.71. The van der Waals surface area contributed by atoms with Gasteiger partial charge in [0.2, 0.25) is 0 Å². The number of para-hydroxylation sites is 2. The fraction of sp³-hybridized carbons (Fsp3) is 0.0455. The summed E-state index contributed by atoms with van der Waals surface area (Å²) in [4.78, 5) is 19.4. The number of hydrogen-bond donors (Lipinski definition) is 0. The first-order valence-corrected chi connectivity index (χ1v) is 8.31. The second-order valence-corrected chi connectivity index (χ2v) is 5.96. The molecular weight excluding hydrogens is 322 g/mol. The van der Waals surface area contributed by atoms with Gasteiger partial charge in [-0.25, -0.2) is 4.99 Å². The van der Waals surface area contributed by atoms with Gasteiger partial charge in [-0.15, -0.1) is 0 Å². The Kier molecular flexibility index (Phi) is 4.04. The van der Waals surface area contributed by atoms with Crippen LogP contribution in [0, 0.1) is 11.3 Å². The zero-order valence-corrected chi connectivity index (χ0v) is 14.0. The summed E-state index contributed by atoms with van der Waals surface area (Å²) in [7, 11) is 0. The van der Waals surface area contributed by atoms with Crippen molar-refractivity contribution in [1.29, 1.82) is 5.26 Å². The van der Waals surface area contributed by atoms with Crippen LogP contribution < -0.4 is 4.90 Å². The van der Waals surface area contributed by atoms with E-state index in [9.17, 15) is 4.79 Å². The molecule has 0 saturated carbocycles. The smallest absolute Gasteiger partial charge is 0.275 e. The first-order valence-electron chi connectivity index (χ1n) is 8.31. The molecule has 0 N–H and O–H groups in total. The quantitative estimate of drug-likeness (QED) is 0.704. The van der Waals surface area contributed by atoms with Gasteiger partial charge in [0.15, 0.2) is 0 Å². The van der Waals surface area contributed by atoms with Gasteiger partial charge in [0.25, 0.3) is 5.91 Å². The van der Waals surface area contributed by atoms with Crippen molar-refractivity contribution in [1.82, 2.24) is 0 Å². The van der Waals surface area contributed by atoms with E-state index in [1.54, 1.807) is 4.90 Å². The molecule has 1 heterocycles. The summed E-state index contributed by atoms with van der Waals surface area (Å²) in [6.07, 6.45) is 0.362. The molecule has 0 radical (unpaired) electrons. The summed E-state index contributed by atoms with van der Waals surface area (Å²) in [5.74, 6) is -0.140. The molecule has 3 aromatic rings. The maximum Gasteiger partial charge on any atom is 0.282 e. The number of fused-ring (bicyclic) bond motifs is 1. The lowest BCUT2D eigenvalue weighted by Gasteiger charge is -2.16. The highest BCUT2D eigenvalue weighted by molar-refractivity contribution is 6.56. The molecule has 4 heteroatoms. The minimum Gasteiger partial charge on any atom is -0.275 e. The highest BCUT2D eigenvalue weighted by Crippen LogP contribution is 2.36. The van der Waals surface area contributed by atoms with Crippen molar-refractivity contribution in [3.05, 3.63) is 90.0 Å². The summed E-state index contributed by atoms with van der Waals surface area (Å²) in [6.45, 7) is 0. The number of nitriles is 1. The molecule has 4 rings (SSSR count). The van der Waals surface area contributed by atoms with Crippen molar-refractivity contribution in [2.45, 2.75) is 6.42 Å². The number of carbonyl (C=O) groups is 1. The number of hydrogen-bond acceptors (Lipinski definition) is 3. The zero-order valence-electron chi connectivity index (χ0n) is 14.0. The largest absolute Gasteiger partial charge is 0.282 e. The summed E-state index contributed by atoms with van der Waals surface area (Å²) in [6, 6.07) is 26.8. The highest BCUT2D eigenvalue weighted by Gasteiger charge is 2.34. The third-order valence-electron chi connectivity index (χ3n) is 4.28. The normalized spacial score (nSPS) is 14.3. The van der Waals surface area contributed by atoms with Crippen molar-refractivity contribution in [2.75, 3.05) is 4.90 Å². The average Bonchev–Trinajstić information content (AvgIpc) is 2.96. The van der Waals surface area contributed by atoms with E-state index in [2.05, 4.69) is 11.1 Å². The van der Waals surface area contributed by atoms with Gasteiger partial charge in [0.1, 0.15) is 5.71 Å². The van der Waals surface area contributed by atoms with E-state index in [0.29, 0.717) is 17.8 Å². The minimum absolute atomic E-state index is 0.140. The number of anilines is 2. The fourth-order valence-corrected chi connectivity index (χ4v) is 3.05. The third-order valence-corrected chi connectivity index (χ3v) is 4.28. The SMILES string of the molecule is N#CCc1ccc(/N=C2\C(=O)N(c3ccccc3)c3ccccc32)cc1. The molecule has 124 valence electrons. The van der Waals surface area contributed by atoms with E-state index >= 15 is 0 Å². The maximum atomic E-state index is 13.1. The van der Waals surface area contributed by atoms with Gasteiger partial charge in [0.05, 0.1) is 23.9 Å². The van der Waals surface area contributed by atoms with Crippen LogP contribution in [0.5, 0.6) is 0 Å². The molecule has 0 saturated heterocycles. The average molecular weight is 337 g/mol. The van der Waals surface area contributed by atoms with Crippen molar-refractivity contribution in [2.24, 2.45) is 4.99 Å². The molecule has 0 aromatic heterocycles. The first-order chi connectivity index (χ1) is 12.8. The van der Waals surface area contributed by atoms with Crippen LogP contribution in [0.1, 0.15) is 11.1 Å². The minimum atomic E-state index is -0.140. The van der Waals surface area contributed by atoms with Crippen LogP contribution in [-0.2, 0) is 11.2 Å². The molecular formula is C22H15N3O. The summed E-state index contributed by atoms with van der Waals surface area (Å²) < 4.78 is 0. The van der Waals surface area contributed by atoms with E-state index in [1.807, 2.05) is 78.9 Å². The second-order valence-electron chi connectivity index (χ2n) is 5.96. The Morgan fingerprint density at radius 1 is 0.885 bits per heavy atom. The summed E-state index contributed by atoms with van der Waals surface area (Å²) in [5.41, 5.74) is 4.53. The van der Waals surface area contributed by atoms with Gasteiger partial charge >= 0.3 is 0 Å². The molecule has 1 aliphatic rings. The molecule has 0 aliphatic carbocycles. The lowest BCUT2D eigenvalue weighted by atomic mass is 10.1. The van der Waals surface area contributed by atoms with E-state index < -0.39 is 0 Å². The second kappa shape index (κ2) is 6.66. The van der Waals surface area contributed by atoms with Gasteiger partial charge in [-0.2, -0.15) is 5.26 Å². The summed E-state index contributed by atoms with van der Waals surface area (Å²) in [5, 5.41) is 8.77. The monoisotopic (exact) mass is 337 g/mol. The molecule has 4 nitrogen and oxygen atoms in total. The Morgan fingerprint density at radius 2 is 1.58 bits per heavy atom. The Balaban J connectivity index is 1.78. The van der Waals surface area contributed by atoms with Crippen molar-refractivity contribution >= 4 is 28.7 Å². The molecule has 0 spiro atoms.